The molecular weight excluding hydrogens is 386 g/mol. The van der Waals surface area contributed by atoms with Crippen LogP contribution in [-0.4, -0.2) is 43.5 Å². The summed E-state index contributed by atoms with van der Waals surface area (Å²) in [6.07, 6.45) is 2.62. The van der Waals surface area contributed by atoms with E-state index in [9.17, 15) is 14.4 Å². The van der Waals surface area contributed by atoms with E-state index in [1.807, 2.05) is 6.92 Å². The number of methoxy groups -OCH3 is 2. The second-order valence-corrected chi connectivity index (χ2v) is 7.21. The minimum absolute atomic E-state index is 0.0321. The Morgan fingerprint density at radius 1 is 1.27 bits per heavy atom. The van der Waals surface area contributed by atoms with Gasteiger partial charge in [-0.3, -0.25) is 9.59 Å². The Kier molecular flexibility index (Phi) is 6.44. The first-order chi connectivity index (χ1) is 14.4. The molecule has 0 bridgehead atoms. The van der Waals surface area contributed by atoms with Crippen molar-refractivity contribution in [2.75, 3.05) is 31.0 Å². The number of aromatic amines is 1. The molecule has 8 nitrogen and oxygen atoms in total. The Balaban J connectivity index is 1.93. The third kappa shape index (κ3) is 4.03. The van der Waals surface area contributed by atoms with E-state index in [0.717, 1.165) is 12.8 Å². The van der Waals surface area contributed by atoms with E-state index in [1.54, 1.807) is 37.1 Å². The predicted octanol–water partition coefficient (Wildman–Crippen LogP) is 3.45. The van der Waals surface area contributed by atoms with Gasteiger partial charge in [-0.1, -0.05) is 13.3 Å². The number of rotatable bonds is 7. The van der Waals surface area contributed by atoms with E-state index in [4.69, 9.17) is 9.47 Å². The molecule has 0 radical (unpaired) electrons. The standard InChI is InChI=1S/C22H27N3O5/c1-5-7-15-19(22(28)30-4)13(2)23-20(15)21(27)24-14-9-10-17(29-3)16(12-14)25-11-6-8-18(25)26/h9-10,12,23H,5-8,11H2,1-4H3,(H,24,27). The average molecular weight is 413 g/mol. The minimum atomic E-state index is -0.467. The van der Waals surface area contributed by atoms with Crippen molar-refractivity contribution in [3.63, 3.8) is 0 Å². The van der Waals surface area contributed by atoms with Gasteiger partial charge in [0.15, 0.2) is 0 Å². The number of H-pyrrole nitrogens is 1. The van der Waals surface area contributed by atoms with Crippen LogP contribution >= 0.6 is 0 Å². The highest BCUT2D eigenvalue weighted by Crippen LogP contribution is 2.34. The molecule has 2 heterocycles. The molecule has 2 aromatic rings. The number of aromatic nitrogens is 1. The Bertz CT molecular complexity index is 979. The van der Waals surface area contributed by atoms with Crippen LogP contribution in [0.25, 0.3) is 0 Å². The second-order valence-electron chi connectivity index (χ2n) is 7.21. The lowest BCUT2D eigenvalue weighted by Gasteiger charge is -2.20. The Morgan fingerprint density at radius 2 is 2.03 bits per heavy atom. The summed E-state index contributed by atoms with van der Waals surface area (Å²) in [5, 5.41) is 2.87. The maximum absolute atomic E-state index is 13.0. The molecule has 1 aromatic carbocycles. The number of anilines is 2. The van der Waals surface area contributed by atoms with Crippen LogP contribution in [-0.2, 0) is 16.0 Å². The zero-order chi connectivity index (χ0) is 21.8. The molecule has 160 valence electrons. The van der Waals surface area contributed by atoms with Gasteiger partial charge in [0, 0.05) is 24.3 Å². The van der Waals surface area contributed by atoms with Gasteiger partial charge in [0.05, 0.1) is 25.5 Å². The number of hydrogen-bond donors (Lipinski definition) is 2. The summed E-state index contributed by atoms with van der Waals surface area (Å²) >= 11 is 0. The molecule has 0 spiro atoms. The summed E-state index contributed by atoms with van der Waals surface area (Å²) in [4.78, 5) is 42.1. The molecule has 0 atom stereocenters. The van der Waals surface area contributed by atoms with Gasteiger partial charge in [-0.25, -0.2) is 4.79 Å². The number of hydrogen-bond acceptors (Lipinski definition) is 5. The van der Waals surface area contributed by atoms with Crippen LogP contribution in [0, 0.1) is 6.92 Å². The van der Waals surface area contributed by atoms with E-state index < -0.39 is 5.97 Å². The second kappa shape index (κ2) is 9.02. The van der Waals surface area contributed by atoms with Gasteiger partial charge in [-0.15, -0.1) is 0 Å². The van der Waals surface area contributed by atoms with Crippen LogP contribution in [0.15, 0.2) is 18.2 Å². The lowest BCUT2D eigenvalue weighted by atomic mass is 10.0. The van der Waals surface area contributed by atoms with E-state index in [2.05, 4.69) is 10.3 Å². The zero-order valence-corrected chi connectivity index (χ0v) is 17.8. The minimum Gasteiger partial charge on any atom is -0.495 e. The first-order valence-electron chi connectivity index (χ1n) is 10.0. The Labute approximate surface area is 175 Å². The highest BCUT2D eigenvalue weighted by Gasteiger charge is 2.27. The van der Waals surface area contributed by atoms with E-state index in [-0.39, 0.29) is 11.8 Å². The summed E-state index contributed by atoms with van der Waals surface area (Å²) in [7, 11) is 2.87. The first kappa shape index (κ1) is 21.4. The normalized spacial score (nSPS) is 13.5. The molecular formula is C22H27N3O5. The Hall–Kier alpha value is -3.29. The van der Waals surface area contributed by atoms with Crippen LogP contribution in [0.1, 0.15) is 58.3 Å². The summed E-state index contributed by atoms with van der Waals surface area (Å²) in [6, 6.07) is 5.18. The number of ether oxygens (including phenoxy) is 2. The molecule has 1 aromatic heterocycles. The van der Waals surface area contributed by atoms with Gasteiger partial charge in [-0.2, -0.15) is 0 Å². The average Bonchev–Trinajstić information content (AvgIpc) is 3.30. The predicted molar refractivity (Wildman–Crippen MR) is 113 cm³/mol. The third-order valence-electron chi connectivity index (χ3n) is 5.21. The smallest absolute Gasteiger partial charge is 0.339 e. The fourth-order valence-corrected chi connectivity index (χ4v) is 3.82. The molecule has 1 saturated heterocycles. The zero-order valence-electron chi connectivity index (χ0n) is 17.8. The van der Waals surface area contributed by atoms with Crippen molar-refractivity contribution in [3.8, 4) is 5.75 Å². The molecule has 0 saturated carbocycles. The highest BCUT2D eigenvalue weighted by atomic mass is 16.5. The summed E-state index contributed by atoms with van der Waals surface area (Å²) < 4.78 is 10.3. The van der Waals surface area contributed by atoms with E-state index in [1.165, 1.54) is 7.11 Å². The fourth-order valence-electron chi connectivity index (χ4n) is 3.82. The van der Waals surface area contributed by atoms with Crippen molar-refractivity contribution in [1.82, 2.24) is 4.98 Å². The van der Waals surface area contributed by atoms with Gasteiger partial charge in [0.1, 0.15) is 11.4 Å². The highest BCUT2D eigenvalue weighted by molar-refractivity contribution is 6.07. The van der Waals surface area contributed by atoms with Crippen LogP contribution in [0.3, 0.4) is 0 Å². The molecule has 8 heteroatoms. The Morgan fingerprint density at radius 3 is 2.63 bits per heavy atom. The molecule has 1 aliphatic heterocycles. The number of amides is 2. The quantitative estimate of drug-likeness (QED) is 0.677. The van der Waals surface area contributed by atoms with Crippen LogP contribution in [0.2, 0.25) is 0 Å². The van der Waals surface area contributed by atoms with E-state index in [0.29, 0.717) is 59.0 Å². The molecule has 2 N–H and O–H groups in total. The topological polar surface area (TPSA) is 101 Å². The van der Waals surface area contributed by atoms with E-state index >= 15 is 0 Å². The number of aryl methyl sites for hydroxylation is 1. The van der Waals surface area contributed by atoms with Crippen molar-refractivity contribution in [1.29, 1.82) is 0 Å². The molecule has 1 fully saturated rings. The van der Waals surface area contributed by atoms with Crippen molar-refractivity contribution >= 4 is 29.2 Å². The molecule has 30 heavy (non-hydrogen) atoms. The number of nitrogens with one attached hydrogen (secondary N) is 2. The summed E-state index contributed by atoms with van der Waals surface area (Å²) in [6.45, 7) is 4.34. The number of benzene rings is 1. The monoisotopic (exact) mass is 413 g/mol. The number of carbonyl (C=O) groups excluding carboxylic acids is 3. The van der Waals surface area contributed by atoms with Crippen LogP contribution < -0.4 is 15.0 Å². The van der Waals surface area contributed by atoms with Gasteiger partial charge in [-0.05, 0) is 43.5 Å². The van der Waals surface area contributed by atoms with Gasteiger partial charge < -0.3 is 24.7 Å². The number of carbonyl (C=O) groups is 3. The maximum atomic E-state index is 13.0. The van der Waals surface area contributed by atoms with Gasteiger partial charge in [0.25, 0.3) is 5.91 Å². The molecule has 0 aliphatic carbocycles. The van der Waals surface area contributed by atoms with Gasteiger partial charge >= 0.3 is 5.97 Å². The molecule has 2 amide bonds. The largest absolute Gasteiger partial charge is 0.495 e. The molecule has 1 aliphatic rings. The van der Waals surface area contributed by atoms with Crippen LogP contribution in [0.4, 0.5) is 11.4 Å². The van der Waals surface area contributed by atoms with Gasteiger partial charge in [0.2, 0.25) is 5.91 Å². The lowest BCUT2D eigenvalue weighted by Crippen LogP contribution is -2.24. The number of esters is 1. The first-order valence-corrected chi connectivity index (χ1v) is 10.0. The van der Waals surface area contributed by atoms with Crippen molar-refractivity contribution in [3.05, 3.63) is 40.7 Å². The molecule has 0 unspecified atom stereocenters. The molecule has 3 rings (SSSR count). The lowest BCUT2D eigenvalue weighted by molar-refractivity contribution is -0.117. The summed E-state index contributed by atoms with van der Waals surface area (Å²) in [5.74, 6) is -0.227. The van der Waals surface area contributed by atoms with Crippen molar-refractivity contribution in [2.45, 2.75) is 39.5 Å². The maximum Gasteiger partial charge on any atom is 0.339 e. The third-order valence-corrected chi connectivity index (χ3v) is 5.21. The fraction of sp³-hybridized carbons (Fsp3) is 0.409. The van der Waals surface area contributed by atoms with Crippen molar-refractivity contribution < 1.29 is 23.9 Å². The van der Waals surface area contributed by atoms with Crippen LogP contribution in [0.5, 0.6) is 5.75 Å². The van der Waals surface area contributed by atoms with Crippen molar-refractivity contribution in [2.24, 2.45) is 0 Å². The number of nitrogens with zero attached hydrogens (tertiary/aromatic N) is 1. The summed E-state index contributed by atoms with van der Waals surface area (Å²) in [5.41, 5.74) is 3.14. The SMILES string of the molecule is CCCc1c(C(=O)Nc2ccc(OC)c(N3CCCC3=O)c2)[nH]c(C)c1C(=O)OC.